The van der Waals surface area contributed by atoms with Gasteiger partial charge in [0, 0.05) is 12.1 Å². The van der Waals surface area contributed by atoms with E-state index in [4.69, 9.17) is 9.47 Å². The Morgan fingerprint density at radius 2 is 2.07 bits per heavy atom. The van der Waals surface area contributed by atoms with Crippen molar-refractivity contribution in [2.45, 2.75) is 26.7 Å². The molecular weight excluding hydrogens is 340 g/mol. The lowest BCUT2D eigenvalue weighted by atomic mass is 10.1. The normalized spacial score (nSPS) is 13.1. The predicted molar refractivity (Wildman–Crippen MR) is 106 cm³/mol. The molecule has 0 saturated heterocycles. The lowest BCUT2D eigenvalue weighted by Crippen LogP contribution is -2.31. The van der Waals surface area contributed by atoms with Crippen molar-refractivity contribution in [3.05, 3.63) is 70.4 Å². The van der Waals surface area contributed by atoms with Crippen LogP contribution in [0.4, 0.5) is 0 Å². The monoisotopic (exact) mass is 366 g/mol. The maximum Gasteiger partial charge on any atom is 0.271 e. The first kappa shape index (κ1) is 18.8. The predicted octanol–water partition coefficient (Wildman–Crippen LogP) is 3.31. The van der Waals surface area contributed by atoms with Gasteiger partial charge in [0.25, 0.3) is 5.91 Å². The van der Waals surface area contributed by atoms with E-state index in [1.54, 1.807) is 7.11 Å². The first-order chi connectivity index (χ1) is 13.1. The van der Waals surface area contributed by atoms with Crippen molar-refractivity contribution in [2.24, 2.45) is 0 Å². The van der Waals surface area contributed by atoms with Gasteiger partial charge in [-0.1, -0.05) is 29.8 Å². The lowest BCUT2D eigenvalue weighted by molar-refractivity contribution is -0.117. The highest BCUT2D eigenvalue weighted by Crippen LogP contribution is 2.27. The molecule has 1 amide bonds. The van der Waals surface area contributed by atoms with Gasteiger partial charge >= 0.3 is 0 Å². The molecule has 0 aliphatic carbocycles. The van der Waals surface area contributed by atoms with Gasteiger partial charge in [0.05, 0.1) is 7.11 Å². The summed E-state index contributed by atoms with van der Waals surface area (Å²) in [6.07, 6.45) is 1.83. The second-order valence-electron chi connectivity index (χ2n) is 6.70. The third-order valence-corrected chi connectivity index (χ3v) is 4.59. The standard InChI is InChI=1S/C22H26N2O3/c1-15-6-4-7-17(12-15)8-5-11-23-22(25)20-21(27-14-24-20)18-9-10-19(26-3)16(2)13-18/h4,6-7,9-10,12-13,24H,5,8,11,14H2,1-3H3,(H,23,25). The summed E-state index contributed by atoms with van der Waals surface area (Å²) in [7, 11) is 1.64. The topological polar surface area (TPSA) is 59.6 Å². The molecule has 27 heavy (non-hydrogen) atoms. The largest absolute Gasteiger partial charge is 0.496 e. The van der Waals surface area contributed by atoms with E-state index in [1.165, 1.54) is 11.1 Å². The van der Waals surface area contributed by atoms with Crippen molar-refractivity contribution in [2.75, 3.05) is 20.4 Å². The van der Waals surface area contributed by atoms with E-state index in [9.17, 15) is 4.79 Å². The summed E-state index contributed by atoms with van der Waals surface area (Å²) < 4.78 is 11.0. The molecule has 5 nitrogen and oxygen atoms in total. The van der Waals surface area contributed by atoms with E-state index in [1.807, 2.05) is 25.1 Å². The number of hydrogen-bond donors (Lipinski definition) is 2. The van der Waals surface area contributed by atoms with E-state index in [0.29, 0.717) is 24.7 Å². The van der Waals surface area contributed by atoms with Crippen molar-refractivity contribution in [1.82, 2.24) is 10.6 Å². The second kappa shape index (κ2) is 8.62. The van der Waals surface area contributed by atoms with Crippen LogP contribution in [-0.4, -0.2) is 26.3 Å². The Labute approximate surface area is 160 Å². The van der Waals surface area contributed by atoms with Gasteiger partial charge in [-0.05, 0) is 56.0 Å². The number of nitrogens with one attached hydrogen (secondary N) is 2. The average Bonchev–Trinajstić information content (AvgIpc) is 3.15. The zero-order valence-corrected chi connectivity index (χ0v) is 16.1. The molecule has 0 fully saturated rings. The molecule has 0 spiro atoms. The Hall–Kier alpha value is -2.95. The van der Waals surface area contributed by atoms with Crippen LogP contribution in [0, 0.1) is 13.8 Å². The molecule has 2 N–H and O–H groups in total. The minimum atomic E-state index is -0.139. The van der Waals surface area contributed by atoms with E-state index in [0.717, 1.165) is 29.7 Å². The first-order valence-corrected chi connectivity index (χ1v) is 9.18. The Bertz CT molecular complexity index is 858. The molecule has 1 aliphatic heterocycles. The Morgan fingerprint density at radius 3 is 2.81 bits per heavy atom. The van der Waals surface area contributed by atoms with Gasteiger partial charge in [-0.15, -0.1) is 0 Å². The molecule has 0 unspecified atom stereocenters. The zero-order valence-electron chi connectivity index (χ0n) is 16.1. The van der Waals surface area contributed by atoms with Crippen molar-refractivity contribution in [1.29, 1.82) is 0 Å². The van der Waals surface area contributed by atoms with Crippen LogP contribution in [0.15, 0.2) is 48.2 Å². The van der Waals surface area contributed by atoms with Crippen LogP contribution >= 0.6 is 0 Å². The van der Waals surface area contributed by atoms with Crippen LogP contribution < -0.4 is 15.4 Å². The molecule has 0 saturated carbocycles. The fourth-order valence-electron chi connectivity index (χ4n) is 3.21. The number of methoxy groups -OCH3 is 1. The molecule has 1 heterocycles. The first-order valence-electron chi connectivity index (χ1n) is 9.18. The van der Waals surface area contributed by atoms with Crippen molar-refractivity contribution >= 4 is 11.7 Å². The van der Waals surface area contributed by atoms with Gasteiger partial charge in [-0.2, -0.15) is 0 Å². The van der Waals surface area contributed by atoms with Crippen LogP contribution in [0.5, 0.6) is 5.75 Å². The van der Waals surface area contributed by atoms with Crippen LogP contribution in [-0.2, 0) is 16.0 Å². The summed E-state index contributed by atoms with van der Waals surface area (Å²) in [5, 5.41) is 6.02. The van der Waals surface area contributed by atoms with E-state index in [-0.39, 0.29) is 5.91 Å². The Morgan fingerprint density at radius 1 is 1.22 bits per heavy atom. The van der Waals surface area contributed by atoms with Crippen molar-refractivity contribution < 1.29 is 14.3 Å². The zero-order chi connectivity index (χ0) is 19.2. The van der Waals surface area contributed by atoms with Crippen LogP contribution in [0.1, 0.15) is 28.7 Å². The molecule has 2 aromatic carbocycles. The maximum absolute atomic E-state index is 12.6. The molecule has 2 aromatic rings. The fourth-order valence-corrected chi connectivity index (χ4v) is 3.21. The molecule has 0 atom stereocenters. The van der Waals surface area contributed by atoms with Gasteiger partial charge < -0.3 is 20.1 Å². The fraction of sp³-hybridized carbons (Fsp3) is 0.318. The Kier molecular flexibility index (Phi) is 6.01. The van der Waals surface area contributed by atoms with E-state index < -0.39 is 0 Å². The summed E-state index contributed by atoms with van der Waals surface area (Å²) in [6, 6.07) is 14.2. The van der Waals surface area contributed by atoms with Gasteiger partial charge in [-0.25, -0.2) is 0 Å². The molecule has 142 valence electrons. The highest BCUT2D eigenvalue weighted by molar-refractivity contribution is 6.00. The van der Waals surface area contributed by atoms with Gasteiger partial charge in [-0.3, -0.25) is 4.79 Å². The molecule has 5 heteroatoms. The number of carbonyl (C=O) groups excluding carboxylic acids is 1. The molecular formula is C22H26N2O3. The van der Waals surface area contributed by atoms with Crippen LogP contribution in [0.2, 0.25) is 0 Å². The summed E-state index contributed by atoms with van der Waals surface area (Å²) in [5.41, 5.74) is 4.89. The number of carbonyl (C=O) groups is 1. The number of aryl methyl sites for hydroxylation is 3. The second-order valence-corrected chi connectivity index (χ2v) is 6.70. The minimum Gasteiger partial charge on any atom is -0.496 e. The smallest absolute Gasteiger partial charge is 0.271 e. The maximum atomic E-state index is 12.6. The van der Waals surface area contributed by atoms with Gasteiger partial charge in [0.15, 0.2) is 12.5 Å². The number of benzene rings is 2. The highest BCUT2D eigenvalue weighted by Gasteiger charge is 2.23. The number of ether oxygens (including phenoxy) is 2. The summed E-state index contributed by atoms with van der Waals surface area (Å²) in [4.78, 5) is 12.6. The van der Waals surface area contributed by atoms with E-state index >= 15 is 0 Å². The summed E-state index contributed by atoms with van der Waals surface area (Å²) in [6.45, 7) is 4.97. The molecule has 1 aliphatic rings. The molecule has 0 bridgehead atoms. The van der Waals surface area contributed by atoms with E-state index in [2.05, 4.69) is 41.8 Å². The molecule has 0 radical (unpaired) electrons. The number of hydrogen-bond acceptors (Lipinski definition) is 4. The van der Waals surface area contributed by atoms with Crippen LogP contribution in [0.25, 0.3) is 5.76 Å². The van der Waals surface area contributed by atoms with Gasteiger partial charge in [0.1, 0.15) is 11.4 Å². The van der Waals surface area contributed by atoms with Crippen molar-refractivity contribution in [3.8, 4) is 5.75 Å². The van der Waals surface area contributed by atoms with Gasteiger partial charge in [0.2, 0.25) is 0 Å². The highest BCUT2D eigenvalue weighted by atomic mass is 16.5. The summed E-state index contributed by atoms with van der Waals surface area (Å²) >= 11 is 0. The lowest BCUT2D eigenvalue weighted by Gasteiger charge is -2.10. The summed E-state index contributed by atoms with van der Waals surface area (Å²) in [5.74, 6) is 1.25. The third kappa shape index (κ3) is 4.61. The quantitative estimate of drug-likeness (QED) is 0.738. The molecule has 0 aromatic heterocycles. The Balaban J connectivity index is 1.61. The van der Waals surface area contributed by atoms with Crippen LogP contribution in [0.3, 0.4) is 0 Å². The SMILES string of the molecule is COc1ccc(C2=C(C(=O)NCCCc3cccc(C)c3)NCO2)cc1C. The number of amides is 1. The molecule has 3 rings (SSSR count). The third-order valence-electron chi connectivity index (χ3n) is 4.59. The number of rotatable bonds is 7. The average molecular weight is 366 g/mol. The van der Waals surface area contributed by atoms with Crippen molar-refractivity contribution in [3.63, 3.8) is 0 Å². The minimum absolute atomic E-state index is 0.139.